The summed E-state index contributed by atoms with van der Waals surface area (Å²) in [6, 6.07) is 6.73. The van der Waals surface area contributed by atoms with Crippen LogP contribution in [0.4, 0.5) is 11.4 Å². The summed E-state index contributed by atoms with van der Waals surface area (Å²) in [5.74, 6) is 0.763. The number of H-pyrrole nitrogens is 1. The summed E-state index contributed by atoms with van der Waals surface area (Å²) in [7, 11) is -3.77. The van der Waals surface area contributed by atoms with E-state index in [-0.39, 0.29) is 22.8 Å². The largest absolute Gasteiger partial charge is 0.331 e. The van der Waals surface area contributed by atoms with E-state index < -0.39 is 10.0 Å². The van der Waals surface area contributed by atoms with E-state index in [1.54, 1.807) is 24.3 Å². The van der Waals surface area contributed by atoms with E-state index in [0.717, 1.165) is 25.7 Å². The van der Waals surface area contributed by atoms with Crippen molar-refractivity contribution in [3.63, 3.8) is 0 Å². The molecule has 0 saturated heterocycles. The Hall–Kier alpha value is -2.35. The minimum atomic E-state index is -3.77. The van der Waals surface area contributed by atoms with Crippen LogP contribution >= 0.6 is 0 Å². The maximum absolute atomic E-state index is 12.5. The fourth-order valence-corrected chi connectivity index (χ4v) is 4.21. The van der Waals surface area contributed by atoms with Gasteiger partial charge in [0.05, 0.1) is 11.9 Å². The first kappa shape index (κ1) is 19.4. The van der Waals surface area contributed by atoms with Crippen LogP contribution in [0.15, 0.2) is 35.5 Å². The smallest absolute Gasteiger partial charge is 0.278 e. The van der Waals surface area contributed by atoms with Crippen molar-refractivity contribution >= 4 is 27.3 Å². The average molecular weight is 391 g/mol. The van der Waals surface area contributed by atoms with Crippen molar-refractivity contribution in [3.05, 3.63) is 36.3 Å². The molecule has 0 aliphatic heterocycles. The Bertz CT molecular complexity index is 899. The van der Waals surface area contributed by atoms with Gasteiger partial charge in [0.15, 0.2) is 5.03 Å². The third kappa shape index (κ3) is 4.88. The van der Waals surface area contributed by atoms with E-state index in [4.69, 9.17) is 0 Å². The van der Waals surface area contributed by atoms with Crippen LogP contribution < -0.4 is 10.0 Å². The van der Waals surface area contributed by atoms with Gasteiger partial charge in [-0.15, -0.1) is 0 Å². The van der Waals surface area contributed by atoms with Gasteiger partial charge in [-0.25, -0.2) is 4.98 Å². The average Bonchev–Trinajstić information content (AvgIpc) is 3.14. The molecule has 8 heteroatoms. The molecule has 1 aliphatic rings. The maximum Gasteiger partial charge on any atom is 0.278 e. The first-order valence-electron chi connectivity index (χ1n) is 9.34. The molecule has 0 spiro atoms. The summed E-state index contributed by atoms with van der Waals surface area (Å²) < 4.78 is 27.6. The van der Waals surface area contributed by atoms with E-state index in [0.29, 0.717) is 17.2 Å². The van der Waals surface area contributed by atoms with Crippen LogP contribution in [-0.4, -0.2) is 24.3 Å². The summed E-state index contributed by atoms with van der Waals surface area (Å²) in [6.07, 6.45) is 6.49. The summed E-state index contributed by atoms with van der Waals surface area (Å²) in [5, 5.41) is 2.92. The second kappa shape index (κ2) is 8.12. The molecular weight excluding hydrogens is 364 g/mol. The predicted octanol–water partition coefficient (Wildman–Crippen LogP) is 3.85. The number of benzene rings is 1. The van der Waals surface area contributed by atoms with Crippen LogP contribution in [0.1, 0.15) is 57.7 Å². The number of rotatable bonds is 6. The molecule has 146 valence electrons. The Morgan fingerprint density at radius 1 is 1.19 bits per heavy atom. The highest BCUT2D eigenvalue weighted by Crippen LogP contribution is 2.26. The number of sulfonamides is 1. The summed E-state index contributed by atoms with van der Waals surface area (Å²) in [5.41, 5.74) is 0.968. The molecule has 1 amide bonds. The molecule has 1 heterocycles. The molecule has 3 N–H and O–H groups in total. The van der Waals surface area contributed by atoms with E-state index in [9.17, 15) is 13.2 Å². The lowest BCUT2D eigenvalue weighted by Gasteiger charge is -2.20. The van der Waals surface area contributed by atoms with Crippen LogP contribution in [0.2, 0.25) is 0 Å². The topological polar surface area (TPSA) is 104 Å². The minimum Gasteiger partial charge on any atom is -0.331 e. The van der Waals surface area contributed by atoms with Gasteiger partial charge >= 0.3 is 0 Å². The number of carbonyl (C=O) groups is 1. The van der Waals surface area contributed by atoms with Crippen molar-refractivity contribution in [2.24, 2.45) is 5.92 Å². The van der Waals surface area contributed by atoms with Crippen molar-refractivity contribution in [1.82, 2.24) is 9.97 Å². The van der Waals surface area contributed by atoms with Gasteiger partial charge in [-0.1, -0.05) is 39.2 Å². The highest BCUT2D eigenvalue weighted by atomic mass is 32.2. The van der Waals surface area contributed by atoms with Gasteiger partial charge in [0.1, 0.15) is 5.82 Å². The van der Waals surface area contributed by atoms with Crippen LogP contribution in [0.25, 0.3) is 0 Å². The van der Waals surface area contributed by atoms with Gasteiger partial charge in [-0.05, 0) is 31.0 Å². The lowest BCUT2D eigenvalue weighted by molar-refractivity contribution is -0.120. The van der Waals surface area contributed by atoms with Crippen LogP contribution in [0.5, 0.6) is 0 Å². The van der Waals surface area contributed by atoms with Crippen molar-refractivity contribution in [2.45, 2.75) is 56.9 Å². The molecule has 2 aromatic rings. The third-order valence-corrected chi connectivity index (χ3v) is 6.06. The Morgan fingerprint density at radius 3 is 2.56 bits per heavy atom. The van der Waals surface area contributed by atoms with E-state index >= 15 is 0 Å². The monoisotopic (exact) mass is 390 g/mol. The number of hydrogen-bond donors (Lipinski definition) is 3. The second-order valence-corrected chi connectivity index (χ2v) is 8.95. The van der Waals surface area contributed by atoms with Gasteiger partial charge in [0.2, 0.25) is 5.91 Å². The molecular formula is C19H26N4O3S. The normalized spacial score (nSPS) is 15.7. The molecule has 1 aliphatic carbocycles. The number of aromatic amines is 1. The van der Waals surface area contributed by atoms with Crippen molar-refractivity contribution in [1.29, 1.82) is 0 Å². The third-order valence-electron chi connectivity index (χ3n) is 4.77. The van der Waals surface area contributed by atoms with Gasteiger partial charge in [-0.3, -0.25) is 9.52 Å². The Balaban J connectivity index is 1.70. The molecule has 0 bridgehead atoms. The number of imidazole rings is 1. The molecule has 0 radical (unpaired) electrons. The quantitative estimate of drug-likeness (QED) is 0.697. The number of carbonyl (C=O) groups excluding carboxylic acids is 1. The molecule has 1 aromatic heterocycles. The standard InChI is InChI=1S/C19H26N4O3S/c1-13(2)18-20-12-17(22-18)27(25,26)23-16-10-6-9-15(11-16)21-19(24)14-7-4-3-5-8-14/h6,9-14,23H,3-5,7-8H2,1-2H3,(H,20,22)(H,21,24). The first-order chi connectivity index (χ1) is 12.8. The molecule has 0 unspecified atom stereocenters. The van der Waals surface area contributed by atoms with Crippen LogP contribution in [0.3, 0.4) is 0 Å². The SMILES string of the molecule is CC(C)c1ncc(S(=O)(=O)Nc2cccc(NC(=O)C3CCCCC3)c2)[nH]1. The Morgan fingerprint density at radius 2 is 1.89 bits per heavy atom. The van der Waals surface area contributed by atoms with Gasteiger partial charge in [0, 0.05) is 17.5 Å². The Kier molecular flexibility index (Phi) is 5.84. The zero-order valence-corrected chi connectivity index (χ0v) is 16.5. The van der Waals surface area contributed by atoms with Gasteiger partial charge in [0.25, 0.3) is 10.0 Å². The maximum atomic E-state index is 12.5. The lowest BCUT2D eigenvalue weighted by Crippen LogP contribution is -2.24. The molecule has 3 rings (SSSR count). The summed E-state index contributed by atoms with van der Waals surface area (Å²) in [4.78, 5) is 19.3. The van der Waals surface area contributed by atoms with E-state index in [1.807, 2.05) is 13.8 Å². The molecule has 27 heavy (non-hydrogen) atoms. The zero-order valence-electron chi connectivity index (χ0n) is 15.7. The highest BCUT2D eigenvalue weighted by molar-refractivity contribution is 7.92. The summed E-state index contributed by atoms with van der Waals surface area (Å²) >= 11 is 0. The van der Waals surface area contributed by atoms with Crippen LogP contribution in [-0.2, 0) is 14.8 Å². The van der Waals surface area contributed by atoms with Gasteiger partial charge in [-0.2, -0.15) is 8.42 Å². The van der Waals surface area contributed by atoms with Gasteiger partial charge < -0.3 is 10.3 Å². The molecule has 1 saturated carbocycles. The number of nitrogens with zero attached hydrogens (tertiary/aromatic N) is 1. The van der Waals surface area contributed by atoms with Crippen molar-refractivity contribution in [3.8, 4) is 0 Å². The highest BCUT2D eigenvalue weighted by Gasteiger charge is 2.22. The fourth-order valence-electron chi connectivity index (χ4n) is 3.23. The molecule has 7 nitrogen and oxygen atoms in total. The Labute approximate surface area is 160 Å². The van der Waals surface area contributed by atoms with E-state index in [2.05, 4.69) is 20.0 Å². The van der Waals surface area contributed by atoms with E-state index in [1.165, 1.54) is 12.6 Å². The van der Waals surface area contributed by atoms with Crippen molar-refractivity contribution < 1.29 is 13.2 Å². The predicted molar refractivity (Wildman–Crippen MR) is 105 cm³/mol. The van der Waals surface area contributed by atoms with Crippen molar-refractivity contribution in [2.75, 3.05) is 10.0 Å². The summed E-state index contributed by atoms with van der Waals surface area (Å²) in [6.45, 7) is 3.86. The lowest BCUT2D eigenvalue weighted by atomic mass is 9.88. The first-order valence-corrected chi connectivity index (χ1v) is 10.8. The molecule has 1 fully saturated rings. The number of aromatic nitrogens is 2. The second-order valence-electron chi connectivity index (χ2n) is 7.30. The van der Waals surface area contributed by atoms with Crippen LogP contribution in [0, 0.1) is 5.92 Å². The molecule has 0 atom stereocenters. The number of hydrogen-bond acceptors (Lipinski definition) is 4. The number of anilines is 2. The number of amides is 1. The zero-order chi connectivity index (χ0) is 19.4. The molecule has 1 aromatic carbocycles. The number of nitrogens with one attached hydrogen (secondary N) is 3. The minimum absolute atomic E-state index is 0.00449. The fraction of sp³-hybridized carbons (Fsp3) is 0.474.